The van der Waals surface area contributed by atoms with Crippen LogP contribution in [0.3, 0.4) is 0 Å². The zero-order chi connectivity index (χ0) is 7.40. The van der Waals surface area contributed by atoms with Gasteiger partial charge in [-0.05, 0) is 22.0 Å². The summed E-state index contributed by atoms with van der Waals surface area (Å²) in [5.41, 5.74) is 0. The first-order valence-corrected chi connectivity index (χ1v) is 4.26. The fourth-order valence-corrected chi connectivity index (χ4v) is 1.92. The van der Waals surface area contributed by atoms with Gasteiger partial charge in [-0.1, -0.05) is 0 Å². The summed E-state index contributed by atoms with van der Waals surface area (Å²) in [4.78, 5) is 14.2. The van der Waals surface area contributed by atoms with Crippen molar-refractivity contribution < 1.29 is 4.79 Å². The van der Waals surface area contributed by atoms with Gasteiger partial charge in [-0.3, -0.25) is 0 Å². The second kappa shape index (κ2) is 3.66. The van der Waals surface area contributed by atoms with Gasteiger partial charge < -0.3 is 0 Å². The predicted molar refractivity (Wildman–Crippen MR) is 43.8 cm³/mol. The molecule has 0 aliphatic carbocycles. The van der Waals surface area contributed by atoms with E-state index in [0.717, 1.165) is 9.35 Å². The third kappa shape index (κ3) is 2.06. The van der Waals surface area contributed by atoms with Crippen LogP contribution in [-0.2, 0) is 11.3 Å². The molecule has 1 aromatic rings. The topological polar surface area (TPSA) is 29.4 Å². The molecule has 0 spiro atoms. The van der Waals surface area contributed by atoms with E-state index < -0.39 is 0 Å². The molecule has 0 aliphatic heterocycles. The molecule has 52 valence electrons. The van der Waals surface area contributed by atoms with E-state index in [-0.39, 0.29) is 0 Å². The molecule has 0 N–H and O–H groups in total. The first-order chi connectivity index (χ1) is 4.83. The molecule has 1 heterocycles. The molecule has 0 aromatic carbocycles. The maximum absolute atomic E-state index is 9.69. The number of nitrogens with zero attached hydrogens (tertiary/aromatic N) is 1. The quantitative estimate of drug-likeness (QED) is 0.553. The minimum atomic E-state index is 0.444. The average Bonchev–Trinajstić information content (AvgIpc) is 2.31. The summed E-state index contributed by atoms with van der Waals surface area (Å²) in [5.74, 6) is 0. The highest BCUT2D eigenvalue weighted by Gasteiger charge is 1.93. The second-order valence-electron chi connectivity index (χ2n) is 1.64. The van der Waals surface area contributed by atoms with E-state index in [4.69, 9.17) is 0 Å². The van der Waals surface area contributed by atoms with Crippen molar-refractivity contribution >= 4 is 33.3 Å². The number of hydrogen-bond donors (Lipinski definition) is 0. The van der Waals surface area contributed by atoms with E-state index in [2.05, 4.69) is 20.9 Å². The minimum absolute atomic E-state index is 0.444. The smallest absolute Gasteiger partial charge is 0.211 e. The highest BCUT2D eigenvalue weighted by molar-refractivity contribution is 9.10. The highest BCUT2D eigenvalue weighted by atomic mass is 79.9. The van der Waals surface area contributed by atoms with Crippen molar-refractivity contribution in [2.24, 2.45) is 4.99 Å². The van der Waals surface area contributed by atoms with Crippen LogP contribution in [0.15, 0.2) is 20.9 Å². The number of aliphatic imine (C=N–C) groups is 1. The Morgan fingerprint density at radius 3 is 3.10 bits per heavy atom. The van der Waals surface area contributed by atoms with Gasteiger partial charge in [-0.2, -0.15) is 0 Å². The van der Waals surface area contributed by atoms with Gasteiger partial charge in [-0.15, -0.1) is 11.3 Å². The summed E-state index contributed by atoms with van der Waals surface area (Å²) in [6.07, 6.45) is 1.49. The summed E-state index contributed by atoms with van der Waals surface area (Å²) in [6, 6.07) is 1.94. The first-order valence-electron chi connectivity index (χ1n) is 2.59. The molecule has 0 unspecified atom stereocenters. The lowest BCUT2D eigenvalue weighted by molar-refractivity contribution is 0.563. The van der Waals surface area contributed by atoms with E-state index in [1.54, 1.807) is 11.3 Å². The molecule has 1 rings (SSSR count). The van der Waals surface area contributed by atoms with Crippen molar-refractivity contribution in [3.63, 3.8) is 0 Å². The Labute approximate surface area is 70.7 Å². The standard InChI is InChI=1S/C6H4BrNOS/c7-5-1-6(10-3-5)2-8-4-9/h1,3H,2H2. The molecule has 0 saturated heterocycles. The molecule has 4 heteroatoms. The molecule has 0 radical (unpaired) electrons. The highest BCUT2D eigenvalue weighted by Crippen LogP contribution is 2.19. The van der Waals surface area contributed by atoms with Gasteiger partial charge in [0.15, 0.2) is 0 Å². The fraction of sp³-hybridized carbons (Fsp3) is 0.167. The SMILES string of the molecule is O=C=NCc1cc(Br)cs1. The normalized spacial score (nSPS) is 8.90. The molecule has 0 bridgehead atoms. The number of halogens is 1. The van der Waals surface area contributed by atoms with E-state index in [0.29, 0.717) is 6.54 Å². The third-order valence-electron chi connectivity index (χ3n) is 0.921. The van der Waals surface area contributed by atoms with Crippen LogP contribution in [0.5, 0.6) is 0 Å². The van der Waals surface area contributed by atoms with Gasteiger partial charge in [-0.25, -0.2) is 9.79 Å². The van der Waals surface area contributed by atoms with Crippen LogP contribution >= 0.6 is 27.3 Å². The Kier molecular flexibility index (Phi) is 2.81. The number of rotatable bonds is 2. The molecule has 0 fully saturated rings. The monoisotopic (exact) mass is 217 g/mol. The number of thiophene rings is 1. The molecule has 0 atom stereocenters. The largest absolute Gasteiger partial charge is 0.235 e. The van der Waals surface area contributed by atoms with Crippen LogP contribution in [0.25, 0.3) is 0 Å². The van der Waals surface area contributed by atoms with Crippen molar-refractivity contribution in [1.82, 2.24) is 0 Å². The number of carbonyl (C=O) groups excluding carboxylic acids is 1. The van der Waals surface area contributed by atoms with Crippen molar-refractivity contribution in [2.75, 3.05) is 0 Å². The maximum atomic E-state index is 9.69. The molecule has 10 heavy (non-hydrogen) atoms. The third-order valence-corrected chi connectivity index (χ3v) is 2.60. The predicted octanol–water partition coefficient (Wildman–Crippen LogP) is 2.35. The fourth-order valence-electron chi connectivity index (χ4n) is 0.547. The van der Waals surface area contributed by atoms with Gasteiger partial charge in [0.2, 0.25) is 6.08 Å². The van der Waals surface area contributed by atoms with Crippen LogP contribution in [0, 0.1) is 0 Å². The first kappa shape index (κ1) is 7.66. The van der Waals surface area contributed by atoms with Crippen LogP contribution < -0.4 is 0 Å². The number of hydrogen-bond acceptors (Lipinski definition) is 3. The van der Waals surface area contributed by atoms with E-state index in [1.165, 1.54) is 6.08 Å². The van der Waals surface area contributed by atoms with Gasteiger partial charge in [0, 0.05) is 14.7 Å². The maximum Gasteiger partial charge on any atom is 0.235 e. The zero-order valence-corrected chi connectivity index (χ0v) is 7.41. The molecule has 0 amide bonds. The minimum Gasteiger partial charge on any atom is -0.211 e. The van der Waals surface area contributed by atoms with E-state index in [9.17, 15) is 4.79 Å². The van der Waals surface area contributed by atoms with Crippen molar-refractivity contribution in [3.05, 3.63) is 20.8 Å². The number of isocyanates is 1. The van der Waals surface area contributed by atoms with Gasteiger partial charge in [0.1, 0.15) is 0 Å². The lowest BCUT2D eigenvalue weighted by Crippen LogP contribution is -1.69. The lowest BCUT2D eigenvalue weighted by Gasteiger charge is -1.80. The van der Waals surface area contributed by atoms with Crippen LogP contribution in [0.2, 0.25) is 0 Å². The van der Waals surface area contributed by atoms with Crippen LogP contribution in [0.4, 0.5) is 0 Å². The van der Waals surface area contributed by atoms with Crippen molar-refractivity contribution in [1.29, 1.82) is 0 Å². The summed E-state index contributed by atoms with van der Waals surface area (Å²) in [5, 5.41) is 1.95. The summed E-state index contributed by atoms with van der Waals surface area (Å²) in [6.45, 7) is 0.444. The Balaban J connectivity index is 2.66. The van der Waals surface area contributed by atoms with Gasteiger partial charge >= 0.3 is 0 Å². The lowest BCUT2D eigenvalue weighted by atomic mass is 10.5. The molecule has 0 aliphatic rings. The molecule has 1 aromatic heterocycles. The van der Waals surface area contributed by atoms with E-state index in [1.807, 2.05) is 11.4 Å². The van der Waals surface area contributed by atoms with E-state index >= 15 is 0 Å². The Bertz CT molecular complexity index is 264. The van der Waals surface area contributed by atoms with Gasteiger partial charge in [0.25, 0.3) is 0 Å². The summed E-state index contributed by atoms with van der Waals surface area (Å²) in [7, 11) is 0. The van der Waals surface area contributed by atoms with Crippen molar-refractivity contribution in [2.45, 2.75) is 6.54 Å². The average molecular weight is 218 g/mol. The Hall–Kier alpha value is -0.440. The Morgan fingerprint density at radius 1 is 1.80 bits per heavy atom. The summed E-state index contributed by atoms with van der Waals surface area (Å²) >= 11 is 4.86. The summed E-state index contributed by atoms with van der Waals surface area (Å²) < 4.78 is 1.04. The molecular formula is C6H4BrNOS. The van der Waals surface area contributed by atoms with Crippen LogP contribution in [0.1, 0.15) is 4.88 Å². The van der Waals surface area contributed by atoms with Gasteiger partial charge in [0.05, 0.1) is 6.54 Å². The zero-order valence-electron chi connectivity index (χ0n) is 5.00. The molecule has 0 saturated carbocycles. The molecule has 2 nitrogen and oxygen atoms in total. The van der Waals surface area contributed by atoms with Crippen molar-refractivity contribution in [3.8, 4) is 0 Å². The molecular weight excluding hydrogens is 214 g/mol. The second-order valence-corrected chi connectivity index (χ2v) is 3.55. The Morgan fingerprint density at radius 2 is 2.60 bits per heavy atom. The van der Waals surface area contributed by atoms with Crippen LogP contribution in [-0.4, -0.2) is 6.08 Å².